The largest absolute Gasteiger partial charge is 0.493 e. The first kappa shape index (κ1) is 25.8. The van der Waals surface area contributed by atoms with E-state index >= 15 is 0 Å². The number of anilines is 1. The Morgan fingerprint density at radius 2 is 1.78 bits per heavy atom. The van der Waals surface area contributed by atoms with Crippen molar-refractivity contribution in [2.24, 2.45) is 0 Å². The third-order valence-electron chi connectivity index (χ3n) is 6.02. The maximum Gasteiger partial charge on any atom is 0.337 e. The standard InChI is InChI=1S/C27H27BrN2O5S/c1-32-24-13-18-11-12-30(27(36)29-20-6-4-5-19(28)14-20)23(22(18)15-25(24)33-2)16-35-21-9-7-17(8-10-21)26(31)34-3/h4-10,13-15,23H,11-12,16H2,1-3H3,(H,29,36). The number of halogens is 1. The summed E-state index contributed by atoms with van der Waals surface area (Å²) < 4.78 is 23.0. The van der Waals surface area contributed by atoms with E-state index in [2.05, 4.69) is 26.1 Å². The number of rotatable bonds is 7. The summed E-state index contributed by atoms with van der Waals surface area (Å²) in [5.74, 6) is 1.59. The van der Waals surface area contributed by atoms with Crippen LogP contribution in [0.15, 0.2) is 65.1 Å². The predicted molar refractivity (Wildman–Crippen MR) is 146 cm³/mol. The van der Waals surface area contributed by atoms with Crippen LogP contribution in [0.3, 0.4) is 0 Å². The maximum atomic E-state index is 11.8. The summed E-state index contributed by atoms with van der Waals surface area (Å²) in [6.45, 7) is 1.04. The predicted octanol–water partition coefficient (Wildman–Crippen LogP) is 5.63. The molecule has 36 heavy (non-hydrogen) atoms. The van der Waals surface area contributed by atoms with Crippen molar-refractivity contribution in [3.8, 4) is 17.2 Å². The fourth-order valence-corrected chi connectivity index (χ4v) is 4.93. The Hall–Kier alpha value is -3.30. The number of hydrogen-bond acceptors (Lipinski definition) is 6. The highest BCUT2D eigenvalue weighted by molar-refractivity contribution is 9.10. The molecular formula is C27H27BrN2O5S. The van der Waals surface area contributed by atoms with Gasteiger partial charge in [0.1, 0.15) is 12.4 Å². The molecule has 4 rings (SSSR count). The molecule has 188 valence electrons. The van der Waals surface area contributed by atoms with Crippen molar-refractivity contribution in [3.63, 3.8) is 0 Å². The van der Waals surface area contributed by atoms with E-state index in [1.807, 2.05) is 36.4 Å². The van der Waals surface area contributed by atoms with Crippen molar-refractivity contribution in [3.05, 3.63) is 81.8 Å². The number of nitrogens with zero attached hydrogens (tertiary/aromatic N) is 1. The normalized spacial score (nSPS) is 14.4. The van der Waals surface area contributed by atoms with Crippen molar-refractivity contribution in [2.75, 3.05) is 39.8 Å². The molecule has 0 aliphatic carbocycles. The van der Waals surface area contributed by atoms with Gasteiger partial charge in [0.05, 0.1) is 32.9 Å². The molecule has 3 aromatic rings. The summed E-state index contributed by atoms with van der Waals surface area (Å²) in [6.07, 6.45) is 0.792. The van der Waals surface area contributed by atoms with Gasteiger partial charge in [0, 0.05) is 16.7 Å². The molecule has 3 aromatic carbocycles. The van der Waals surface area contributed by atoms with Gasteiger partial charge in [0.2, 0.25) is 0 Å². The number of ether oxygens (including phenoxy) is 4. The number of carbonyl (C=O) groups excluding carboxylic acids is 1. The molecule has 0 bridgehead atoms. The van der Waals surface area contributed by atoms with Crippen molar-refractivity contribution < 1.29 is 23.7 Å². The van der Waals surface area contributed by atoms with Crippen LogP contribution in [-0.4, -0.2) is 50.5 Å². The first-order chi connectivity index (χ1) is 17.4. The Labute approximate surface area is 224 Å². The number of fused-ring (bicyclic) bond motifs is 1. The Morgan fingerprint density at radius 3 is 2.44 bits per heavy atom. The quantitative estimate of drug-likeness (QED) is 0.289. The second kappa shape index (κ2) is 11.6. The highest BCUT2D eigenvalue weighted by atomic mass is 79.9. The van der Waals surface area contributed by atoms with E-state index < -0.39 is 0 Å². The lowest BCUT2D eigenvalue weighted by atomic mass is 9.92. The highest BCUT2D eigenvalue weighted by Gasteiger charge is 2.31. The van der Waals surface area contributed by atoms with E-state index in [-0.39, 0.29) is 12.0 Å². The molecule has 0 fully saturated rings. The van der Waals surface area contributed by atoms with Gasteiger partial charge < -0.3 is 29.2 Å². The lowest BCUT2D eigenvalue weighted by Crippen LogP contribution is -2.44. The van der Waals surface area contributed by atoms with Crippen LogP contribution >= 0.6 is 28.1 Å². The van der Waals surface area contributed by atoms with Crippen LogP contribution in [0.4, 0.5) is 5.69 Å². The van der Waals surface area contributed by atoms with Gasteiger partial charge in [-0.25, -0.2) is 4.79 Å². The first-order valence-corrected chi connectivity index (χ1v) is 12.5. The molecule has 1 heterocycles. The van der Waals surface area contributed by atoms with E-state index in [1.54, 1.807) is 38.5 Å². The Kier molecular flexibility index (Phi) is 8.32. The van der Waals surface area contributed by atoms with Crippen LogP contribution in [0.5, 0.6) is 17.2 Å². The molecule has 7 nitrogen and oxygen atoms in total. The molecule has 1 unspecified atom stereocenters. The summed E-state index contributed by atoms with van der Waals surface area (Å²) >= 11 is 9.35. The first-order valence-electron chi connectivity index (χ1n) is 11.3. The van der Waals surface area contributed by atoms with Crippen LogP contribution < -0.4 is 19.5 Å². The van der Waals surface area contributed by atoms with E-state index in [0.717, 1.165) is 27.7 Å². The number of hydrogen-bond donors (Lipinski definition) is 1. The van der Waals surface area contributed by atoms with E-state index in [0.29, 0.717) is 41.1 Å². The van der Waals surface area contributed by atoms with Gasteiger partial charge in [-0.15, -0.1) is 0 Å². The number of thiocarbonyl (C=S) groups is 1. The van der Waals surface area contributed by atoms with Gasteiger partial charge in [0.25, 0.3) is 0 Å². The number of carbonyl (C=O) groups is 1. The van der Waals surface area contributed by atoms with Crippen molar-refractivity contribution >= 4 is 44.9 Å². The molecule has 0 aromatic heterocycles. The Balaban J connectivity index is 1.62. The smallest absolute Gasteiger partial charge is 0.337 e. The topological polar surface area (TPSA) is 69.3 Å². The van der Waals surface area contributed by atoms with Crippen LogP contribution in [0.25, 0.3) is 0 Å². The summed E-state index contributed by atoms with van der Waals surface area (Å²) in [4.78, 5) is 13.9. The second-order valence-corrected chi connectivity index (χ2v) is 9.44. The molecule has 0 amide bonds. The molecule has 1 aliphatic heterocycles. The fourth-order valence-electron chi connectivity index (χ4n) is 4.19. The zero-order valence-electron chi connectivity index (χ0n) is 20.2. The van der Waals surface area contributed by atoms with Gasteiger partial charge in [-0.3, -0.25) is 0 Å². The molecule has 1 aliphatic rings. The van der Waals surface area contributed by atoms with Gasteiger partial charge in [-0.2, -0.15) is 0 Å². The summed E-state index contributed by atoms with van der Waals surface area (Å²) in [6, 6.07) is 18.6. The zero-order chi connectivity index (χ0) is 25.7. The highest BCUT2D eigenvalue weighted by Crippen LogP contribution is 2.38. The number of benzene rings is 3. The molecule has 1 atom stereocenters. The van der Waals surface area contributed by atoms with Gasteiger partial charge in [-0.05, 0) is 84.4 Å². The summed E-state index contributed by atoms with van der Waals surface area (Å²) in [5.41, 5.74) is 3.57. The molecule has 9 heteroatoms. The summed E-state index contributed by atoms with van der Waals surface area (Å²) in [7, 11) is 4.61. The minimum atomic E-state index is -0.390. The Morgan fingerprint density at radius 1 is 1.06 bits per heavy atom. The second-order valence-electron chi connectivity index (χ2n) is 8.13. The number of methoxy groups -OCH3 is 3. The molecule has 1 N–H and O–H groups in total. The minimum Gasteiger partial charge on any atom is -0.493 e. The minimum absolute atomic E-state index is 0.180. The van der Waals surface area contributed by atoms with E-state index in [9.17, 15) is 4.79 Å². The van der Waals surface area contributed by atoms with Crippen LogP contribution in [0, 0.1) is 0 Å². The molecular weight excluding hydrogens is 544 g/mol. The molecule has 0 saturated heterocycles. The molecule has 0 radical (unpaired) electrons. The lowest BCUT2D eigenvalue weighted by molar-refractivity contribution is 0.0600. The average molecular weight is 571 g/mol. The third kappa shape index (κ3) is 5.74. The molecule has 0 saturated carbocycles. The lowest BCUT2D eigenvalue weighted by Gasteiger charge is -2.39. The third-order valence-corrected chi connectivity index (χ3v) is 6.85. The van der Waals surface area contributed by atoms with Gasteiger partial charge in [0.15, 0.2) is 16.6 Å². The van der Waals surface area contributed by atoms with Crippen LogP contribution in [-0.2, 0) is 11.2 Å². The van der Waals surface area contributed by atoms with Crippen molar-refractivity contribution in [1.82, 2.24) is 4.90 Å². The number of nitrogens with one attached hydrogen (secondary N) is 1. The fraction of sp³-hybridized carbons (Fsp3) is 0.259. The van der Waals surface area contributed by atoms with Crippen LogP contribution in [0.1, 0.15) is 27.5 Å². The maximum absolute atomic E-state index is 11.8. The zero-order valence-corrected chi connectivity index (χ0v) is 22.6. The van der Waals surface area contributed by atoms with Crippen LogP contribution in [0.2, 0.25) is 0 Å². The summed E-state index contributed by atoms with van der Waals surface area (Å²) in [5, 5.41) is 3.95. The van der Waals surface area contributed by atoms with Crippen molar-refractivity contribution in [2.45, 2.75) is 12.5 Å². The average Bonchev–Trinajstić information content (AvgIpc) is 2.90. The number of esters is 1. The van der Waals surface area contributed by atoms with Gasteiger partial charge >= 0.3 is 5.97 Å². The Bertz CT molecular complexity index is 1250. The SMILES string of the molecule is COC(=O)c1ccc(OCC2c3cc(OC)c(OC)cc3CCN2C(=S)Nc2cccc(Br)c2)cc1. The van der Waals surface area contributed by atoms with E-state index in [1.165, 1.54) is 7.11 Å². The molecule has 0 spiro atoms. The van der Waals surface area contributed by atoms with Gasteiger partial charge in [-0.1, -0.05) is 22.0 Å². The van der Waals surface area contributed by atoms with Crippen molar-refractivity contribution in [1.29, 1.82) is 0 Å². The van der Waals surface area contributed by atoms with E-state index in [4.69, 9.17) is 31.2 Å². The monoisotopic (exact) mass is 570 g/mol.